The largest absolute Gasteiger partial charge is 0.305 e. The smallest absolute Gasteiger partial charge is 0.246 e. The average Bonchev–Trinajstić information content (AvgIpc) is 3.02. The molecule has 0 spiro atoms. The highest BCUT2D eigenvalue weighted by molar-refractivity contribution is 7.89. The Morgan fingerprint density at radius 2 is 1.92 bits per heavy atom. The molecule has 7 heteroatoms. The van der Waals surface area contributed by atoms with E-state index >= 15 is 0 Å². The molecule has 0 amide bonds. The van der Waals surface area contributed by atoms with Crippen LogP contribution in [0.1, 0.15) is 36.4 Å². The lowest BCUT2D eigenvalue weighted by molar-refractivity contribution is 0.256. The first-order valence-corrected chi connectivity index (χ1v) is 10.1. The van der Waals surface area contributed by atoms with Crippen LogP contribution in [0, 0.1) is 0 Å². The van der Waals surface area contributed by atoms with Gasteiger partial charge in [0, 0.05) is 26.3 Å². The van der Waals surface area contributed by atoms with Crippen LogP contribution in [-0.2, 0) is 23.6 Å². The zero-order valence-corrected chi connectivity index (χ0v) is 15.9. The monoisotopic (exact) mass is 362 g/mol. The Bertz CT molecular complexity index is 812. The molecule has 1 aliphatic rings. The van der Waals surface area contributed by atoms with E-state index in [9.17, 15) is 8.42 Å². The fourth-order valence-corrected chi connectivity index (χ4v) is 5.07. The topological polar surface area (TPSA) is 58.4 Å². The highest BCUT2D eigenvalue weighted by Gasteiger charge is 2.35. The maximum Gasteiger partial charge on any atom is 0.246 e. The summed E-state index contributed by atoms with van der Waals surface area (Å²) in [6, 6.07) is 8.23. The predicted octanol–water partition coefficient (Wildman–Crippen LogP) is 2.40. The van der Waals surface area contributed by atoms with E-state index in [1.54, 1.807) is 17.5 Å². The molecule has 1 fully saturated rings. The third-order valence-corrected chi connectivity index (χ3v) is 6.47. The van der Waals surface area contributed by atoms with Crippen LogP contribution in [0.15, 0.2) is 41.6 Å². The number of rotatable bonds is 5. The molecule has 0 saturated carbocycles. The Kier molecular flexibility index (Phi) is 5.27. The summed E-state index contributed by atoms with van der Waals surface area (Å²) in [7, 11) is 2.28. The minimum atomic E-state index is -3.53. The van der Waals surface area contributed by atoms with E-state index < -0.39 is 10.0 Å². The second kappa shape index (κ2) is 7.27. The zero-order valence-electron chi connectivity index (χ0n) is 15.1. The minimum absolute atomic E-state index is 0.104. The molecule has 0 N–H and O–H groups in total. The summed E-state index contributed by atoms with van der Waals surface area (Å²) >= 11 is 0. The van der Waals surface area contributed by atoms with Gasteiger partial charge in [-0.3, -0.25) is 4.68 Å². The first-order valence-electron chi connectivity index (χ1n) is 8.62. The number of aryl methyl sites for hydroxylation is 1. The number of aromatic nitrogens is 2. The molecule has 2 heterocycles. The Labute approximate surface area is 150 Å². The number of piperidine rings is 1. The average molecular weight is 362 g/mol. The van der Waals surface area contributed by atoms with E-state index in [0.29, 0.717) is 6.54 Å². The standard InChI is InChI=1S/C18H26N4O2S/c1-20(2)13-15-7-9-16(10-8-15)18-6-4-5-11-22(18)25(23,24)17-12-19-21(3)14-17/h7-10,12,14,18H,4-6,11,13H2,1-3H3/t18-/m0/s1. The molecule has 136 valence electrons. The molecule has 1 atom stereocenters. The van der Waals surface area contributed by atoms with E-state index in [1.165, 1.54) is 16.4 Å². The predicted molar refractivity (Wildman–Crippen MR) is 97.5 cm³/mol. The lowest BCUT2D eigenvalue weighted by atomic mass is 9.96. The van der Waals surface area contributed by atoms with Crippen LogP contribution < -0.4 is 0 Å². The number of sulfonamides is 1. The van der Waals surface area contributed by atoms with Gasteiger partial charge >= 0.3 is 0 Å². The van der Waals surface area contributed by atoms with Crippen molar-refractivity contribution in [2.24, 2.45) is 7.05 Å². The summed E-state index contributed by atoms with van der Waals surface area (Å²) in [5.41, 5.74) is 2.29. The molecule has 0 radical (unpaired) electrons. The zero-order chi connectivity index (χ0) is 18.0. The molecule has 1 aromatic heterocycles. The molecule has 0 aliphatic carbocycles. The Morgan fingerprint density at radius 1 is 1.20 bits per heavy atom. The van der Waals surface area contributed by atoms with E-state index in [2.05, 4.69) is 34.3 Å². The van der Waals surface area contributed by atoms with Crippen molar-refractivity contribution in [3.8, 4) is 0 Å². The van der Waals surface area contributed by atoms with Gasteiger partial charge in [-0.1, -0.05) is 30.7 Å². The number of hydrogen-bond donors (Lipinski definition) is 0. The highest BCUT2D eigenvalue weighted by Crippen LogP contribution is 2.35. The first-order chi connectivity index (χ1) is 11.9. The molecular formula is C18H26N4O2S. The van der Waals surface area contributed by atoms with Crippen molar-refractivity contribution in [1.82, 2.24) is 19.0 Å². The van der Waals surface area contributed by atoms with Gasteiger partial charge in [-0.25, -0.2) is 8.42 Å². The fraction of sp³-hybridized carbons (Fsp3) is 0.500. The summed E-state index contributed by atoms with van der Waals surface area (Å²) in [6.07, 6.45) is 5.80. The molecule has 1 aliphatic heterocycles. The van der Waals surface area contributed by atoms with Crippen LogP contribution in [-0.4, -0.2) is 48.0 Å². The number of nitrogens with zero attached hydrogens (tertiary/aromatic N) is 4. The molecule has 1 aromatic carbocycles. The summed E-state index contributed by atoms with van der Waals surface area (Å²) in [5.74, 6) is 0. The van der Waals surface area contributed by atoms with E-state index in [4.69, 9.17) is 0 Å². The van der Waals surface area contributed by atoms with Gasteiger partial charge in [-0.05, 0) is 38.1 Å². The summed E-state index contributed by atoms with van der Waals surface area (Å²) in [6.45, 7) is 1.43. The summed E-state index contributed by atoms with van der Waals surface area (Å²) in [5, 5.41) is 4.02. The first kappa shape index (κ1) is 18.1. The quantitative estimate of drug-likeness (QED) is 0.819. The van der Waals surface area contributed by atoms with Crippen molar-refractivity contribution >= 4 is 10.0 Å². The molecule has 2 aromatic rings. The van der Waals surface area contributed by atoms with Crippen molar-refractivity contribution in [2.75, 3.05) is 20.6 Å². The highest BCUT2D eigenvalue weighted by atomic mass is 32.2. The SMILES string of the molecule is CN(C)Cc1ccc([C@@H]2CCCCN2S(=O)(=O)c2cnn(C)c2)cc1. The van der Waals surface area contributed by atoms with Crippen LogP contribution in [0.5, 0.6) is 0 Å². The van der Waals surface area contributed by atoms with E-state index in [0.717, 1.165) is 31.4 Å². The molecule has 0 bridgehead atoms. The van der Waals surface area contributed by atoms with Crippen molar-refractivity contribution in [2.45, 2.75) is 36.7 Å². The van der Waals surface area contributed by atoms with Crippen molar-refractivity contribution < 1.29 is 8.42 Å². The van der Waals surface area contributed by atoms with Crippen LogP contribution in [0.4, 0.5) is 0 Å². The maximum atomic E-state index is 13.1. The third-order valence-electron chi connectivity index (χ3n) is 4.60. The van der Waals surface area contributed by atoms with E-state index in [1.807, 2.05) is 14.1 Å². The van der Waals surface area contributed by atoms with Crippen molar-refractivity contribution in [3.63, 3.8) is 0 Å². The number of hydrogen-bond acceptors (Lipinski definition) is 4. The Morgan fingerprint density at radius 3 is 2.52 bits per heavy atom. The second-order valence-corrected chi connectivity index (χ2v) is 8.85. The van der Waals surface area contributed by atoms with E-state index in [-0.39, 0.29) is 10.9 Å². The van der Waals surface area contributed by atoms with Crippen molar-refractivity contribution in [3.05, 3.63) is 47.8 Å². The van der Waals surface area contributed by atoms with Gasteiger partial charge in [0.05, 0.1) is 12.2 Å². The van der Waals surface area contributed by atoms with Crippen LogP contribution in [0.3, 0.4) is 0 Å². The molecule has 1 saturated heterocycles. The van der Waals surface area contributed by atoms with Gasteiger partial charge in [0.15, 0.2) is 0 Å². The van der Waals surface area contributed by atoms with Crippen LogP contribution in [0.2, 0.25) is 0 Å². The molecule has 25 heavy (non-hydrogen) atoms. The normalized spacial score (nSPS) is 19.4. The van der Waals surface area contributed by atoms with Gasteiger partial charge in [0.25, 0.3) is 0 Å². The Balaban J connectivity index is 1.88. The molecule has 6 nitrogen and oxygen atoms in total. The third kappa shape index (κ3) is 3.94. The van der Waals surface area contributed by atoms with Crippen LogP contribution >= 0.6 is 0 Å². The van der Waals surface area contributed by atoms with Gasteiger partial charge in [0.1, 0.15) is 4.90 Å². The van der Waals surface area contributed by atoms with Gasteiger partial charge < -0.3 is 4.90 Å². The molecule has 3 rings (SSSR count). The fourth-order valence-electron chi connectivity index (χ4n) is 3.40. The molecular weight excluding hydrogens is 336 g/mol. The lowest BCUT2D eigenvalue weighted by Crippen LogP contribution is -2.38. The number of benzene rings is 1. The summed E-state index contributed by atoms with van der Waals surface area (Å²) < 4.78 is 29.3. The van der Waals surface area contributed by atoms with Crippen LogP contribution in [0.25, 0.3) is 0 Å². The van der Waals surface area contributed by atoms with Gasteiger partial charge in [-0.2, -0.15) is 9.40 Å². The second-order valence-electron chi connectivity index (χ2n) is 6.96. The maximum absolute atomic E-state index is 13.1. The summed E-state index contributed by atoms with van der Waals surface area (Å²) in [4.78, 5) is 2.39. The molecule has 0 unspecified atom stereocenters. The Hall–Kier alpha value is -1.70. The van der Waals surface area contributed by atoms with Gasteiger partial charge in [0.2, 0.25) is 10.0 Å². The lowest BCUT2D eigenvalue weighted by Gasteiger charge is -2.34. The van der Waals surface area contributed by atoms with Gasteiger partial charge in [-0.15, -0.1) is 0 Å². The minimum Gasteiger partial charge on any atom is -0.305 e. The van der Waals surface area contributed by atoms with Crippen molar-refractivity contribution in [1.29, 1.82) is 0 Å².